The molecule has 20 heavy (non-hydrogen) atoms. The summed E-state index contributed by atoms with van der Waals surface area (Å²) in [6.45, 7) is 0.534. The Hall–Kier alpha value is -2.18. The molecule has 0 fully saturated rings. The summed E-state index contributed by atoms with van der Waals surface area (Å²) in [5.41, 5.74) is 0.894. The van der Waals surface area contributed by atoms with Gasteiger partial charge in [0.15, 0.2) is 11.5 Å². The van der Waals surface area contributed by atoms with Gasteiger partial charge in [0.2, 0.25) is 0 Å². The first-order valence-corrected chi connectivity index (χ1v) is 6.74. The molecule has 0 saturated carbocycles. The second-order valence-corrected chi connectivity index (χ2v) is 4.99. The Morgan fingerprint density at radius 3 is 2.75 bits per heavy atom. The number of hydrogen-bond acceptors (Lipinski definition) is 3. The van der Waals surface area contributed by atoms with Crippen molar-refractivity contribution >= 4 is 11.6 Å². The molecular weight excluding hydrogens is 274 g/mol. The van der Waals surface area contributed by atoms with E-state index < -0.39 is 0 Å². The fraction of sp³-hybridized carbons (Fsp3) is 0.188. The van der Waals surface area contributed by atoms with E-state index in [1.807, 2.05) is 18.2 Å². The number of ether oxygens (including phenoxy) is 2. The first-order chi connectivity index (χ1) is 9.78. The highest BCUT2D eigenvalue weighted by Gasteiger charge is 2.24. The number of benzene rings is 2. The van der Waals surface area contributed by atoms with Gasteiger partial charge in [0.25, 0.3) is 0 Å². The summed E-state index contributed by atoms with van der Waals surface area (Å²) in [6, 6.07) is 15.1. The Morgan fingerprint density at radius 2 is 2.00 bits per heavy atom. The minimum absolute atomic E-state index is 0.132. The summed E-state index contributed by atoms with van der Waals surface area (Å²) in [4.78, 5) is 0. The molecule has 1 heterocycles. The van der Waals surface area contributed by atoms with E-state index in [1.54, 1.807) is 24.3 Å². The maximum Gasteiger partial charge on any atom is 0.169 e. The van der Waals surface area contributed by atoms with E-state index in [0.29, 0.717) is 35.3 Å². The number of halogens is 1. The van der Waals surface area contributed by atoms with Gasteiger partial charge in [-0.15, -0.1) is 0 Å². The van der Waals surface area contributed by atoms with Crippen molar-refractivity contribution in [1.29, 1.82) is 5.26 Å². The molecule has 1 atom stereocenters. The van der Waals surface area contributed by atoms with Crippen LogP contribution >= 0.6 is 11.6 Å². The zero-order chi connectivity index (χ0) is 13.9. The minimum atomic E-state index is -0.132. The average Bonchev–Trinajstić information content (AvgIpc) is 2.49. The number of para-hydroxylation sites is 1. The van der Waals surface area contributed by atoms with E-state index in [1.165, 1.54) is 0 Å². The summed E-state index contributed by atoms with van der Waals surface area (Å²) < 4.78 is 11.5. The van der Waals surface area contributed by atoms with Crippen molar-refractivity contribution in [3.8, 4) is 23.3 Å². The summed E-state index contributed by atoms with van der Waals surface area (Å²) in [6.07, 6.45) is 0.716. The minimum Gasteiger partial charge on any atom is -0.489 e. The Labute approximate surface area is 122 Å². The normalized spacial score (nSPS) is 16.7. The van der Waals surface area contributed by atoms with Crippen molar-refractivity contribution in [3.05, 3.63) is 53.1 Å². The van der Waals surface area contributed by atoms with Gasteiger partial charge >= 0.3 is 0 Å². The zero-order valence-corrected chi connectivity index (χ0v) is 11.4. The molecule has 0 aliphatic carbocycles. The molecule has 2 aromatic carbocycles. The monoisotopic (exact) mass is 285 g/mol. The van der Waals surface area contributed by atoms with E-state index >= 15 is 0 Å². The molecule has 0 bridgehead atoms. The van der Waals surface area contributed by atoms with Gasteiger partial charge < -0.3 is 9.47 Å². The van der Waals surface area contributed by atoms with Gasteiger partial charge in [-0.1, -0.05) is 23.7 Å². The van der Waals surface area contributed by atoms with Crippen LogP contribution in [0.15, 0.2) is 42.5 Å². The van der Waals surface area contributed by atoms with Gasteiger partial charge in [-0.3, -0.25) is 0 Å². The van der Waals surface area contributed by atoms with Crippen molar-refractivity contribution in [2.24, 2.45) is 0 Å². The molecule has 0 N–H and O–H groups in total. The molecule has 1 unspecified atom stereocenters. The van der Waals surface area contributed by atoms with Gasteiger partial charge in [-0.25, -0.2) is 0 Å². The van der Waals surface area contributed by atoms with Crippen molar-refractivity contribution in [1.82, 2.24) is 0 Å². The smallest absolute Gasteiger partial charge is 0.169 e. The number of fused-ring (bicyclic) bond motifs is 1. The third-order valence-electron chi connectivity index (χ3n) is 3.23. The maximum atomic E-state index is 9.19. The lowest BCUT2D eigenvalue weighted by Crippen LogP contribution is -2.13. The molecule has 2 aromatic rings. The van der Waals surface area contributed by atoms with Crippen LogP contribution in [0.25, 0.3) is 0 Å². The van der Waals surface area contributed by atoms with Gasteiger partial charge in [0, 0.05) is 17.0 Å². The van der Waals surface area contributed by atoms with Crippen LogP contribution in [0.1, 0.15) is 17.9 Å². The van der Waals surface area contributed by atoms with Crippen LogP contribution in [0, 0.1) is 11.3 Å². The standard InChI is InChI=1S/C16H12ClNO2/c17-12-4-6-13(7-5-12)20-15-3-1-2-14-11(10-18)8-9-19-16(14)15/h1-7,11H,8-9H2. The molecule has 0 radical (unpaired) electrons. The molecule has 3 rings (SSSR count). The van der Waals surface area contributed by atoms with Crippen molar-refractivity contribution in [2.75, 3.05) is 6.61 Å². The second-order valence-electron chi connectivity index (χ2n) is 4.55. The molecular formula is C16H12ClNO2. The highest BCUT2D eigenvalue weighted by Crippen LogP contribution is 2.41. The van der Waals surface area contributed by atoms with Crippen molar-refractivity contribution < 1.29 is 9.47 Å². The molecule has 100 valence electrons. The molecule has 0 saturated heterocycles. The average molecular weight is 286 g/mol. The van der Waals surface area contributed by atoms with Crippen LogP contribution in [0.5, 0.6) is 17.2 Å². The van der Waals surface area contributed by atoms with E-state index in [9.17, 15) is 5.26 Å². The highest BCUT2D eigenvalue weighted by atomic mass is 35.5. The number of nitriles is 1. The number of nitrogens with zero attached hydrogens (tertiary/aromatic N) is 1. The Kier molecular flexibility index (Phi) is 3.49. The predicted octanol–water partition coefficient (Wildman–Crippen LogP) is 4.52. The molecule has 0 aromatic heterocycles. The fourth-order valence-corrected chi connectivity index (χ4v) is 2.37. The highest BCUT2D eigenvalue weighted by molar-refractivity contribution is 6.30. The zero-order valence-electron chi connectivity index (χ0n) is 10.7. The summed E-state index contributed by atoms with van der Waals surface area (Å²) in [5.74, 6) is 1.85. The van der Waals surface area contributed by atoms with Crippen LogP contribution in [0.3, 0.4) is 0 Å². The van der Waals surface area contributed by atoms with Crippen LogP contribution < -0.4 is 9.47 Å². The summed E-state index contributed by atoms with van der Waals surface area (Å²) >= 11 is 5.85. The van der Waals surface area contributed by atoms with Crippen LogP contribution in [-0.4, -0.2) is 6.61 Å². The second kappa shape index (κ2) is 5.44. The molecule has 4 heteroatoms. The number of hydrogen-bond donors (Lipinski definition) is 0. The first kappa shape index (κ1) is 12.8. The van der Waals surface area contributed by atoms with Crippen molar-refractivity contribution in [2.45, 2.75) is 12.3 Å². The topological polar surface area (TPSA) is 42.2 Å². The Morgan fingerprint density at radius 1 is 1.20 bits per heavy atom. The van der Waals surface area contributed by atoms with E-state index in [2.05, 4.69) is 6.07 Å². The van der Waals surface area contributed by atoms with Crippen LogP contribution in [0.2, 0.25) is 5.02 Å². The molecule has 0 spiro atoms. The molecule has 1 aliphatic heterocycles. The SMILES string of the molecule is N#CC1CCOc2c(Oc3ccc(Cl)cc3)cccc21. The van der Waals surface area contributed by atoms with Gasteiger partial charge in [-0.05, 0) is 30.3 Å². The Balaban J connectivity index is 1.95. The maximum absolute atomic E-state index is 9.19. The van der Waals surface area contributed by atoms with Crippen LogP contribution in [0.4, 0.5) is 0 Å². The van der Waals surface area contributed by atoms with Gasteiger partial charge in [0.05, 0.1) is 18.6 Å². The van der Waals surface area contributed by atoms with E-state index in [4.69, 9.17) is 21.1 Å². The van der Waals surface area contributed by atoms with E-state index in [0.717, 1.165) is 5.56 Å². The van der Waals surface area contributed by atoms with Crippen molar-refractivity contribution in [3.63, 3.8) is 0 Å². The van der Waals surface area contributed by atoms with Crippen LogP contribution in [-0.2, 0) is 0 Å². The lowest BCUT2D eigenvalue weighted by molar-refractivity contribution is 0.267. The van der Waals surface area contributed by atoms with Gasteiger partial charge in [0.1, 0.15) is 5.75 Å². The summed E-state index contributed by atoms with van der Waals surface area (Å²) in [5, 5.41) is 9.85. The first-order valence-electron chi connectivity index (χ1n) is 6.36. The lowest BCUT2D eigenvalue weighted by Gasteiger charge is -2.23. The largest absolute Gasteiger partial charge is 0.489 e. The van der Waals surface area contributed by atoms with Gasteiger partial charge in [-0.2, -0.15) is 5.26 Å². The third-order valence-corrected chi connectivity index (χ3v) is 3.49. The molecule has 0 amide bonds. The molecule has 3 nitrogen and oxygen atoms in total. The third kappa shape index (κ3) is 2.43. The molecule has 1 aliphatic rings. The quantitative estimate of drug-likeness (QED) is 0.814. The Bertz CT molecular complexity index is 661. The summed E-state index contributed by atoms with van der Waals surface area (Å²) in [7, 11) is 0. The lowest BCUT2D eigenvalue weighted by atomic mass is 9.94. The van der Waals surface area contributed by atoms with E-state index in [-0.39, 0.29) is 5.92 Å². The fourth-order valence-electron chi connectivity index (χ4n) is 2.24. The predicted molar refractivity (Wildman–Crippen MR) is 76.4 cm³/mol. The number of rotatable bonds is 2.